The Balaban J connectivity index is 2.43. The highest BCUT2D eigenvalue weighted by molar-refractivity contribution is 7.92. The molecule has 0 aliphatic heterocycles. The lowest BCUT2D eigenvalue weighted by Gasteiger charge is -2.15. The van der Waals surface area contributed by atoms with E-state index in [4.69, 9.17) is 0 Å². The Morgan fingerprint density at radius 3 is 2.39 bits per heavy atom. The van der Waals surface area contributed by atoms with Gasteiger partial charge in [0.25, 0.3) is 10.0 Å². The van der Waals surface area contributed by atoms with Crippen LogP contribution in [0.1, 0.15) is 57.6 Å². The Kier molecular flexibility index (Phi) is 4.84. The number of aromatic nitrogens is 4. The fraction of sp³-hybridized carbons (Fsp3) is 0.600. The molecule has 2 aromatic rings. The first-order valence-corrected chi connectivity index (χ1v) is 9.29. The summed E-state index contributed by atoms with van der Waals surface area (Å²) in [5, 5.41) is 8.57. The van der Waals surface area contributed by atoms with E-state index < -0.39 is 10.0 Å². The van der Waals surface area contributed by atoms with Gasteiger partial charge in [0.15, 0.2) is 0 Å². The fourth-order valence-electron chi connectivity index (χ4n) is 2.65. The summed E-state index contributed by atoms with van der Waals surface area (Å²) >= 11 is 0. The summed E-state index contributed by atoms with van der Waals surface area (Å²) in [6.45, 7) is 11.5. The molecule has 0 bridgehead atoms. The van der Waals surface area contributed by atoms with E-state index in [1.807, 2.05) is 27.7 Å². The van der Waals surface area contributed by atoms with E-state index in [-0.39, 0.29) is 17.0 Å². The normalized spacial score (nSPS) is 13.5. The monoisotopic (exact) mass is 339 g/mol. The Morgan fingerprint density at radius 1 is 1.22 bits per heavy atom. The van der Waals surface area contributed by atoms with Crippen molar-refractivity contribution in [2.45, 2.75) is 64.9 Å². The molecule has 1 unspecified atom stereocenters. The lowest BCUT2D eigenvalue weighted by molar-refractivity contribution is 0.484. The molecule has 0 spiro atoms. The SMILES string of the molecule is CCC(C)n1nccc1NS(=O)(=O)c1c(C)nn(C(C)C)c1C. The summed E-state index contributed by atoms with van der Waals surface area (Å²) in [5.74, 6) is 0.468. The van der Waals surface area contributed by atoms with E-state index in [1.54, 1.807) is 35.5 Å². The molecule has 2 aromatic heterocycles. The van der Waals surface area contributed by atoms with Gasteiger partial charge in [0.1, 0.15) is 10.7 Å². The minimum atomic E-state index is -3.72. The molecular formula is C15H25N5O2S. The second kappa shape index (κ2) is 6.35. The highest BCUT2D eigenvalue weighted by Gasteiger charge is 2.26. The number of nitrogens with zero attached hydrogens (tertiary/aromatic N) is 4. The molecule has 2 rings (SSSR count). The molecule has 23 heavy (non-hydrogen) atoms. The minimum Gasteiger partial charge on any atom is -0.266 e. The molecule has 0 aromatic carbocycles. The maximum absolute atomic E-state index is 12.8. The molecule has 0 radical (unpaired) electrons. The van der Waals surface area contributed by atoms with Crippen LogP contribution in [0.4, 0.5) is 5.82 Å². The molecule has 7 nitrogen and oxygen atoms in total. The number of aryl methyl sites for hydroxylation is 1. The third-order valence-electron chi connectivity index (χ3n) is 3.93. The van der Waals surface area contributed by atoms with Crippen LogP contribution in [0.5, 0.6) is 0 Å². The van der Waals surface area contributed by atoms with Crippen molar-refractivity contribution in [3.8, 4) is 0 Å². The van der Waals surface area contributed by atoms with Gasteiger partial charge < -0.3 is 0 Å². The minimum absolute atomic E-state index is 0.100. The van der Waals surface area contributed by atoms with Crippen molar-refractivity contribution in [2.75, 3.05) is 4.72 Å². The van der Waals surface area contributed by atoms with Crippen molar-refractivity contribution in [2.24, 2.45) is 0 Å². The predicted molar refractivity (Wildman–Crippen MR) is 90.1 cm³/mol. The van der Waals surface area contributed by atoms with Gasteiger partial charge in [-0.15, -0.1) is 0 Å². The van der Waals surface area contributed by atoms with Crippen molar-refractivity contribution >= 4 is 15.8 Å². The Morgan fingerprint density at radius 2 is 1.87 bits per heavy atom. The summed E-state index contributed by atoms with van der Waals surface area (Å²) in [4.78, 5) is 0.239. The molecule has 128 valence electrons. The van der Waals surface area contributed by atoms with Gasteiger partial charge in [-0.1, -0.05) is 6.92 Å². The standard InChI is InChI=1S/C15H25N5O2S/c1-7-11(4)20-14(8-9-16-20)18-23(21,22)15-12(5)17-19(10(2)3)13(15)6/h8-11,18H,7H2,1-6H3. The van der Waals surface area contributed by atoms with Crippen LogP contribution in [0.2, 0.25) is 0 Å². The van der Waals surface area contributed by atoms with Crippen LogP contribution in [-0.2, 0) is 10.0 Å². The number of anilines is 1. The number of hydrogen-bond donors (Lipinski definition) is 1. The Labute approximate surface area is 137 Å². The molecule has 0 aliphatic carbocycles. The summed E-state index contributed by atoms with van der Waals surface area (Å²) in [7, 11) is -3.72. The largest absolute Gasteiger partial charge is 0.266 e. The smallest absolute Gasteiger partial charge is 0.266 e. The van der Waals surface area contributed by atoms with E-state index in [1.165, 1.54) is 0 Å². The van der Waals surface area contributed by atoms with Gasteiger partial charge in [0.05, 0.1) is 23.6 Å². The van der Waals surface area contributed by atoms with Gasteiger partial charge in [-0.05, 0) is 41.0 Å². The summed E-state index contributed by atoms with van der Waals surface area (Å²) < 4.78 is 31.7. The molecule has 0 aliphatic rings. The summed E-state index contributed by atoms with van der Waals surface area (Å²) in [5.41, 5.74) is 1.14. The number of rotatable bonds is 6. The van der Waals surface area contributed by atoms with Gasteiger partial charge in [-0.25, -0.2) is 13.1 Å². The molecule has 2 heterocycles. The van der Waals surface area contributed by atoms with Crippen LogP contribution in [0, 0.1) is 13.8 Å². The molecule has 0 saturated heterocycles. The van der Waals surface area contributed by atoms with Gasteiger partial charge in [0, 0.05) is 12.1 Å². The van der Waals surface area contributed by atoms with E-state index in [0.717, 1.165) is 6.42 Å². The lowest BCUT2D eigenvalue weighted by atomic mass is 10.3. The summed E-state index contributed by atoms with van der Waals surface area (Å²) in [6.07, 6.45) is 2.46. The lowest BCUT2D eigenvalue weighted by Crippen LogP contribution is -2.19. The first-order valence-electron chi connectivity index (χ1n) is 7.81. The van der Waals surface area contributed by atoms with Crippen LogP contribution in [0.15, 0.2) is 17.2 Å². The number of sulfonamides is 1. The summed E-state index contributed by atoms with van der Waals surface area (Å²) in [6, 6.07) is 1.88. The highest BCUT2D eigenvalue weighted by atomic mass is 32.2. The van der Waals surface area contributed by atoms with Crippen LogP contribution in [0.3, 0.4) is 0 Å². The Hall–Kier alpha value is -1.83. The third kappa shape index (κ3) is 3.26. The van der Waals surface area contributed by atoms with Crippen LogP contribution >= 0.6 is 0 Å². The highest BCUT2D eigenvalue weighted by Crippen LogP contribution is 2.25. The van der Waals surface area contributed by atoms with Gasteiger partial charge in [0.2, 0.25) is 0 Å². The molecular weight excluding hydrogens is 314 g/mol. The average Bonchev–Trinajstić information content (AvgIpc) is 3.02. The van der Waals surface area contributed by atoms with E-state index >= 15 is 0 Å². The van der Waals surface area contributed by atoms with Crippen molar-refractivity contribution in [3.63, 3.8) is 0 Å². The van der Waals surface area contributed by atoms with Gasteiger partial charge in [-0.3, -0.25) is 9.40 Å². The quantitative estimate of drug-likeness (QED) is 0.877. The van der Waals surface area contributed by atoms with Crippen LogP contribution in [0.25, 0.3) is 0 Å². The van der Waals surface area contributed by atoms with Crippen molar-refractivity contribution < 1.29 is 8.42 Å². The second-order valence-corrected chi connectivity index (χ2v) is 7.68. The maximum Gasteiger partial charge on any atom is 0.266 e. The van der Waals surface area contributed by atoms with Crippen molar-refractivity contribution in [1.82, 2.24) is 19.6 Å². The third-order valence-corrected chi connectivity index (χ3v) is 5.54. The van der Waals surface area contributed by atoms with Crippen molar-refractivity contribution in [1.29, 1.82) is 0 Å². The zero-order valence-corrected chi connectivity index (χ0v) is 15.3. The van der Waals surface area contributed by atoms with E-state index in [2.05, 4.69) is 14.9 Å². The molecule has 0 fully saturated rings. The first-order chi connectivity index (χ1) is 10.7. The van der Waals surface area contributed by atoms with Gasteiger partial charge >= 0.3 is 0 Å². The first kappa shape index (κ1) is 17.5. The predicted octanol–water partition coefficient (Wildman–Crippen LogP) is 3.05. The topological polar surface area (TPSA) is 81.8 Å². The van der Waals surface area contributed by atoms with E-state index in [9.17, 15) is 8.42 Å². The molecule has 0 saturated carbocycles. The zero-order chi connectivity index (χ0) is 17.4. The maximum atomic E-state index is 12.8. The zero-order valence-electron chi connectivity index (χ0n) is 14.5. The number of hydrogen-bond acceptors (Lipinski definition) is 4. The van der Waals surface area contributed by atoms with Crippen LogP contribution < -0.4 is 4.72 Å². The molecule has 0 amide bonds. The van der Waals surface area contributed by atoms with Gasteiger partial charge in [-0.2, -0.15) is 10.2 Å². The molecule has 1 atom stereocenters. The second-order valence-electron chi connectivity index (χ2n) is 6.06. The molecule has 8 heteroatoms. The number of nitrogens with one attached hydrogen (secondary N) is 1. The fourth-order valence-corrected chi connectivity index (χ4v) is 4.10. The van der Waals surface area contributed by atoms with E-state index in [0.29, 0.717) is 17.2 Å². The van der Waals surface area contributed by atoms with Crippen molar-refractivity contribution in [3.05, 3.63) is 23.7 Å². The van der Waals surface area contributed by atoms with Crippen LogP contribution in [-0.4, -0.2) is 28.0 Å². The Bertz CT molecular complexity index is 789. The molecule has 1 N–H and O–H groups in total. The average molecular weight is 339 g/mol.